The largest absolute Gasteiger partial charge is 0.465 e. The van der Waals surface area contributed by atoms with Crippen LogP contribution in [0.25, 0.3) is 10.9 Å². The lowest BCUT2D eigenvalue weighted by Crippen LogP contribution is -2.54. The monoisotopic (exact) mass is 659 g/mol. The predicted molar refractivity (Wildman–Crippen MR) is 168 cm³/mol. The highest BCUT2D eigenvalue weighted by Gasteiger charge is 2.45. The second-order valence-corrected chi connectivity index (χ2v) is 12.4. The lowest BCUT2D eigenvalue weighted by atomic mass is 9.93. The van der Waals surface area contributed by atoms with Gasteiger partial charge in [0, 0.05) is 43.4 Å². The first kappa shape index (κ1) is 33.5. The average Bonchev–Trinajstić information content (AvgIpc) is 2.99. The van der Waals surface area contributed by atoms with E-state index in [0.29, 0.717) is 37.2 Å². The number of fused-ring (bicyclic) bond motifs is 1. The lowest BCUT2D eigenvalue weighted by molar-refractivity contribution is -0.177. The second kappa shape index (κ2) is 13.5. The summed E-state index contributed by atoms with van der Waals surface area (Å²) in [5.74, 6) is -2.60. The summed E-state index contributed by atoms with van der Waals surface area (Å²) < 4.78 is 52.8. The Balaban J connectivity index is 1.44. The molecule has 2 aromatic heterocycles. The van der Waals surface area contributed by atoms with Crippen LogP contribution in [0.15, 0.2) is 42.7 Å². The van der Waals surface area contributed by atoms with Crippen molar-refractivity contribution in [3.63, 3.8) is 0 Å². The molecule has 4 N–H and O–H groups in total. The third kappa shape index (κ3) is 8.49. The van der Waals surface area contributed by atoms with Gasteiger partial charge < -0.3 is 35.0 Å². The van der Waals surface area contributed by atoms with Gasteiger partial charge in [-0.1, -0.05) is 6.07 Å². The van der Waals surface area contributed by atoms with E-state index in [4.69, 9.17) is 9.47 Å². The Bertz CT molecular complexity index is 1640. The molecule has 16 heteroatoms. The number of halogens is 3. The van der Waals surface area contributed by atoms with Crippen LogP contribution in [-0.2, 0) is 9.47 Å². The number of alkyl halides is 3. The molecule has 3 aromatic rings. The summed E-state index contributed by atoms with van der Waals surface area (Å²) in [6.07, 6.45) is -4.52. The fourth-order valence-corrected chi connectivity index (χ4v) is 5.61. The molecular formula is C31H36F3N7O6. The van der Waals surface area contributed by atoms with E-state index in [2.05, 4.69) is 30.8 Å². The van der Waals surface area contributed by atoms with Crippen molar-refractivity contribution >= 4 is 51.7 Å². The number of anilines is 4. The van der Waals surface area contributed by atoms with Crippen LogP contribution in [0.3, 0.4) is 0 Å². The van der Waals surface area contributed by atoms with E-state index in [-0.39, 0.29) is 35.7 Å². The highest BCUT2D eigenvalue weighted by molar-refractivity contribution is 6.11. The zero-order valence-electron chi connectivity index (χ0n) is 26.1. The summed E-state index contributed by atoms with van der Waals surface area (Å²) >= 11 is 0. The number of ether oxygens (including phenoxy) is 2. The maximum Gasteiger partial charge on any atom is 0.409 e. The fraction of sp³-hybridized carbons (Fsp3) is 0.452. The molecule has 2 aliphatic heterocycles. The molecule has 47 heavy (non-hydrogen) atoms. The maximum absolute atomic E-state index is 14.0. The molecule has 13 nitrogen and oxygen atoms in total. The van der Waals surface area contributed by atoms with Crippen LogP contribution in [-0.4, -0.2) is 90.4 Å². The molecule has 0 bridgehead atoms. The molecule has 1 aromatic carbocycles. The van der Waals surface area contributed by atoms with Crippen LogP contribution in [0.2, 0.25) is 0 Å². The third-order valence-corrected chi connectivity index (χ3v) is 7.66. The van der Waals surface area contributed by atoms with Gasteiger partial charge in [-0.25, -0.2) is 14.6 Å². The smallest absolute Gasteiger partial charge is 0.409 e. The van der Waals surface area contributed by atoms with Gasteiger partial charge in [-0.3, -0.25) is 15.1 Å². The molecular weight excluding hydrogens is 623 g/mol. The first-order valence-electron chi connectivity index (χ1n) is 15.0. The van der Waals surface area contributed by atoms with Gasteiger partial charge in [0.25, 0.3) is 5.91 Å². The number of carbonyl (C=O) groups excluding carboxylic acids is 2. The summed E-state index contributed by atoms with van der Waals surface area (Å²) in [7, 11) is 0. The number of aromatic nitrogens is 2. The van der Waals surface area contributed by atoms with E-state index >= 15 is 0 Å². The van der Waals surface area contributed by atoms with Gasteiger partial charge in [-0.2, -0.15) is 13.2 Å². The minimum atomic E-state index is -4.56. The quantitative estimate of drug-likeness (QED) is 0.281. The number of amides is 3. The van der Waals surface area contributed by atoms with Gasteiger partial charge in [-0.05, 0) is 51.5 Å². The molecule has 0 unspecified atom stereocenters. The molecule has 2 aliphatic rings. The van der Waals surface area contributed by atoms with Crippen molar-refractivity contribution in [1.29, 1.82) is 0 Å². The zero-order valence-corrected chi connectivity index (χ0v) is 26.1. The van der Waals surface area contributed by atoms with Gasteiger partial charge in [-0.15, -0.1) is 0 Å². The number of benzene rings is 1. The molecule has 0 aliphatic carbocycles. The van der Waals surface area contributed by atoms with Crippen molar-refractivity contribution in [3.8, 4) is 0 Å². The molecule has 252 valence electrons. The lowest BCUT2D eigenvalue weighted by Gasteiger charge is -2.40. The van der Waals surface area contributed by atoms with Gasteiger partial charge >= 0.3 is 18.4 Å². The van der Waals surface area contributed by atoms with Crippen molar-refractivity contribution in [3.05, 3.63) is 48.4 Å². The Morgan fingerprint density at radius 3 is 2.43 bits per heavy atom. The molecule has 2 saturated heterocycles. The highest BCUT2D eigenvalue weighted by atomic mass is 19.4. The van der Waals surface area contributed by atoms with Crippen LogP contribution >= 0.6 is 0 Å². The molecule has 0 saturated carbocycles. The van der Waals surface area contributed by atoms with E-state index in [0.717, 1.165) is 5.69 Å². The molecule has 5 rings (SSSR count). The second-order valence-electron chi connectivity index (χ2n) is 12.4. The van der Waals surface area contributed by atoms with E-state index in [1.54, 1.807) is 32.9 Å². The summed E-state index contributed by atoms with van der Waals surface area (Å²) in [6, 6.07) is 7.47. The minimum absolute atomic E-state index is 0.0108. The molecule has 2 atom stereocenters. The number of alkyl carbamates (subject to hydrolysis) is 1. The molecule has 0 radical (unpaired) electrons. The Labute approximate surface area is 268 Å². The van der Waals surface area contributed by atoms with Crippen molar-refractivity contribution in [2.24, 2.45) is 5.92 Å². The number of morpholine rings is 1. The predicted octanol–water partition coefficient (Wildman–Crippen LogP) is 5.09. The highest BCUT2D eigenvalue weighted by Crippen LogP contribution is 2.37. The average molecular weight is 660 g/mol. The normalized spacial score (nSPS) is 18.9. The first-order chi connectivity index (χ1) is 22.2. The molecule has 3 amide bonds. The summed E-state index contributed by atoms with van der Waals surface area (Å²) in [5, 5.41) is 17.5. The van der Waals surface area contributed by atoms with Crippen molar-refractivity contribution in [2.75, 3.05) is 59.8 Å². The van der Waals surface area contributed by atoms with Gasteiger partial charge in [0.05, 0.1) is 53.9 Å². The number of piperidine rings is 1. The number of hydrogen-bond acceptors (Lipinski definition) is 9. The van der Waals surface area contributed by atoms with Crippen LogP contribution in [0.1, 0.15) is 37.7 Å². The van der Waals surface area contributed by atoms with Crippen LogP contribution < -0.4 is 25.8 Å². The van der Waals surface area contributed by atoms with Crippen LogP contribution in [0.5, 0.6) is 0 Å². The Morgan fingerprint density at radius 1 is 1.00 bits per heavy atom. The minimum Gasteiger partial charge on any atom is -0.465 e. The number of nitrogens with zero attached hydrogens (tertiary/aromatic N) is 4. The maximum atomic E-state index is 14.0. The number of pyridine rings is 2. The van der Waals surface area contributed by atoms with Gasteiger partial charge in [0.2, 0.25) is 0 Å². The first-order valence-corrected chi connectivity index (χ1v) is 15.0. The summed E-state index contributed by atoms with van der Waals surface area (Å²) in [5.41, 5.74) is 0.408. The van der Waals surface area contributed by atoms with E-state index in [9.17, 15) is 32.7 Å². The van der Waals surface area contributed by atoms with E-state index < -0.39 is 48.4 Å². The van der Waals surface area contributed by atoms with Crippen molar-refractivity contribution in [1.82, 2.24) is 15.3 Å². The molecule has 4 heterocycles. The standard InChI is InChI=1S/C31H36F3N7O6/c1-30(2,3)47-29(45)36-20-13-19(31(32,33)34)16-41(17-20)25-6-7-35-15-24(25)38-27(42)26-23(39-28(43)44)12-18-4-5-21(14-22(18)37-26)40-8-10-46-11-9-40/h4-7,12,14-15,19-20,39H,8-11,13,16-17H2,1-3H3,(H,36,45)(H,38,42)(H,43,44)/t19-,20-/m1/s1. The van der Waals surface area contributed by atoms with Gasteiger partial charge in [0.15, 0.2) is 5.69 Å². The van der Waals surface area contributed by atoms with Crippen LogP contribution in [0, 0.1) is 5.92 Å². The van der Waals surface area contributed by atoms with Crippen molar-refractivity contribution < 1.29 is 42.1 Å². The van der Waals surface area contributed by atoms with Crippen LogP contribution in [0.4, 0.5) is 45.5 Å². The SMILES string of the molecule is CC(C)(C)OC(=O)N[C@@H]1C[C@@H](C(F)(F)F)CN(c2ccncc2NC(=O)c2nc3cc(N4CCOCC4)ccc3cc2NC(=O)O)C1. The summed E-state index contributed by atoms with van der Waals surface area (Å²) in [6.45, 7) is 6.96. The number of rotatable bonds is 6. The fourth-order valence-electron chi connectivity index (χ4n) is 5.61. The number of nitrogens with one attached hydrogen (secondary N) is 3. The third-order valence-electron chi connectivity index (χ3n) is 7.66. The Morgan fingerprint density at radius 2 is 1.74 bits per heavy atom. The number of carbonyl (C=O) groups is 3. The Kier molecular flexibility index (Phi) is 9.60. The Hall–Kier alpha value is -4.86. The van der Waals surface area contributed by atoms with Crippen molar-refractivity contribution in [2.45, 2.75) is 45.0 Å². The van der Waals surface area contributed by atoms with Gasteiger partial charge in [0.1, 0.15) is 5.60 Å². The zero-order chi connectivity index (χ0) is 33.9. The number of hydrogen-bond donors (Lipinski definition) is 4. The molecule has 2 fully saturated rings. The summed E-state index contributed by atoms with van der Waals surface area (Å²) in [4.78, 5) is 49.8. The van der Waals surface area contributed by atoms with E-state index in [1.165, 1.54) is 29.4 Å². The van der Waals surface area contributed by atoms with E-state index in [1.807, 2.05) is 6.07 Å². The number of carboxylic acid groups (broad SMARTS) is 1. The molecule has 0 spiro atoms. The topological polar surface area (TPSA) is 158 Å².